The third kappa shape index (κ3) is 4.74. The molecule has 0 aliphatic carbocycles. The van der Waals surface area contributed by atoms with Crippen molar-refractivity contribution in [3.8, 4) is 0 Å². The van der Waals surface area contributed by atoms with Gasteiger partial charge in [-0.2, -0.15) is 10.1 Å². The average molecular weight is 517 g/mol. The zero-order valence-electron chi connectivity index (χ0n) is 19.6. The Kier molecular flexibility index (Phi) is 7.08. The number of amides is 2. The Morgan fingerprint density at radius 2 is 1.94 bits per heavy atom. The third-order valence-electron chi connectivity index (χ3n) is 5.80. The Morgan fingerprint density at radius 3 is 2.62 bits per heavy atom. The van der Waals surface area contributed by atoms with E-state index in [2.05, 4.69) is 22.1 Å². The lowest BCUT2D eigenvalue weighted by Gasteiger charge is -2.35. The predicted molar refractivity (Wildman–Crippen MR) is 142 cm³/mol. The van der Waals surface area contributed by atoms with Gasteiger partial charge in [-0.15, -0.1) is 0 Å². The molecule has 2 aliphatic heterocycles. The highest BCUT2D eigenvalue weighted by molar-refractivity contribution is 8.15. The monoisotopic (exact) mass is 516 g/mol. The number of hydrogen-bond acceptors (Lipinski definition) is 5. The SMILES string of the molecule is CC/N=C(/c1ccc(Cl)c(Cl)c1)N1CCCc2cc(C3=NN(C(C)=O)C(=O)SC3(C)C)ccc21. The largest absolute Gasteiger partial charge is 0.326 e. The molecule has 2 heterocycles. The summed E-state index contributed by atoms with van der Waals surface area (Å²) < 4.78 is -0.555. The van der Waals surface area contributed by atoms with Crippen LogP contribution in [0.1, 0.15) is 50.8 Å². The molecule has 0 saturated carbocycles. The normalized spacial score (nSPS) is 18.0. The summed E-state index contributed by atoms with van der Waals surface area (Å²) in [6.07, 6.45) is 1.87. The first-order valence-electron chi connectivity index (χ1n) is 11.2. The number of aliphatic imine (C=N–C) groups is 1. The number of thioether (sulfide) groups is 1. The van der Waals surface area contributed by atoms with Crippen molar-refractivity contribution in [2.75, 3.05) is 18.0 Å². The van der Waals surface area contributed by atoms with E-state index < -0.39 is 10.7 Å². The van der Waals surface area contributed by atoms with Crippen molar-refractivity contribution in [2.24, 2.45) is 10.1 Å². The summed E-state index contributed by atoms with van der Waals surface area (Å²) in [6.45, 7) is 8.73. The number of carbonyl (C=O) groups is 2. The molecule has 0 saturated heterocycles. The van der Waals surface area contributed by atoms with E-state index in [1.165, 1.54) is 12.5 Å². The molecule has 0 unspecified atom stereocenters. The van der Waals surface area contributed by atoms with Gasteiger partial charge in [0, 0.05) is 31.3 Å². The van der Waals surface area contributed by atoms with Gasteiger partial charge in [-0.05, 0) is 86.8 Å². The second-order valence-electron chi connectivity index (χ2n) is 8.68. The van der Waals surface area contributed by atoms with E-state index in [0.29, 0.717) is 22.3 Å². The lowest BCUT2D eigenvalue weighted by atomic mass is 9.93. The molecule has 0 spiro atoms. The van der Waals surface area contributed by atoms with Gasteiger partial charge in [0.15, 0.2) is 0 Å². The van der Waals surface area contributed by atoms with Crippen LogP contribution in [-0.2, 0) is 11.2 Å². The third-order valence-corrected chi connectivity index (χ3v) is 7.59. The molecule has 0 atom stereocenters. The molecule has 2 aromatic carbocycles. The second-order valence-corrected chi connectivity index (χ2v) is 11.1. The van der Waals surface area contributed by atoms with E-state index >= 15 is 0 Å². The van der Waals surface area contributed by atoms with Crippen LogP contribution < -0.4 is 4.90 Å². The van der Waals surface area contributed by atoms with Crippen LogP contribution in [-0.4, -0.2) is 45.5 Å². The minimum absolute atomic E-state index is 0.354. The van der Waals surface area contributed by atoms with Gasteiger partial charge in [0.25, 0.3) is 0 Å². The molecule has 4 rings (SSSR count). The Morgan fingerprint density at radius 1 is 1.18 bits per heavy atom. The Labute approximate surface area is 214 Å². The number of amidine groups is 1. The maximum Gasteiger partial charge on any atom is 0.309 e. The van der Waals surface area contributed by atoms with Crippen molar-refractivity contribution in [3.63, 3.8) is 0 Å². The van der Waals surface area contributed by atoms with E-state index in [1.54, 1.807) is 6.07 Å². The van der Waals surface area contributed by atoms with E-state index in [9.17, 15) is 9.59 Å². The van der Waals surface area contributed by atoms with Crippen molar-refractivity contribution in [1.29, 1.82) is 0 Å². The van der Waals surface area contributed by atoms with E-state index in [-0.39, 0.29) is 5.24 Å². The molecule has 178 valence electrons. The molecular weight excluding hydrogens is 491 g/mol. The van der Waals surface area contributed by atoms with E-state index in [0.717, 1.165) is 58.8 Å². The first-order chi connectivity index (χ1) is 16.1. The van der Waals surface area contributed by atoms with Crippen LogP contribution >= 0.6 is 35.0 Å². The molecule has 0 N–H and O–H groups in total. The first kappa shape index (κ1) is 24.8. The van der Waals surface area contributed by atoms with Crippen LogP contribution in [0.15, 0.2) is 46.5 Å². The quantitative estimate of drug-likeness (QED) is 0.349. The summed E-state index contributed by atoms with van der Waals surface area (Å²) in [6, 6.07) is 11.8. The lowest BCUT2D eigenvalue weighted by molar-refractivity contribution is -0.125. The van der Waals surface area contributed by atoms with Gasteiger partial charge in [-0.1, -0.05) is 29.3 Å². The number of carbonyl (C=O) groups excluding carboxylic acids is 2. The number of hydrogen-bond donors (Lipinski definition) is 0. The zero-order chi connectivity index (χ0) is 24.6. The smallest absolute Gasteiger partial charge is 0.309 e. The number of benzene rings is 2. The molecular formula is C25H26Cl2N4O2S. The fraction of sp³-hybridized carbons (Fsp3) is 0.360. The minimum Gasteiger partial charge on any atom is -0.326 e. The molecule has 2 aliphatic rings. The van der Waals surface area contributed by atoms with Crippen molar-refractivity contribution < 1.29 is 9.59 Å². The van der Waals surface area contributed by atoms with Crippen LogP contribution in [0.25, 0.3) is 0 Å². The van der Waals surface area contributed by atoms with Gasteiger partial charge < -0.3 is 4.90 Å². The van der Waals surface area contributed by atoms with Gasteiger partial charge in [0.1, 0.15) is 5.84 Å². The fourth-order valence-corrected chi connectivity index (χ4v) is 5.50. The molecule has 0 fully saturated rings. The van der Waals surface area contributed by atoms with Crippen LogP contribution in [0, 0.1) is 0 Å². The highest BCUT2D eigenvalue weighted by Gasteiger charge is 2.39. The lowest BCUT2D eigenvalue weighted by Crippen LogP contribution is -2.43. The van der Waals surface area contributed by atoms with Gasteiger partial charge in [0.05, 0.1) is 20.5 Å². The Hall–Kier alpha value is -2.35. The summed E-state index contributed by atoms with van der Waals surface area (Å²) in [7, 11) is 0. The van der Waals surface area contributed by atoms with Gasteiger partial charge in [-0.25, -0.2) is 0 Å². The number of anilines is 1. The minimum atomic E-state index is -0.555. The van der Waals surface area contributed by atoms with Crippen molar-refractivity contribution in [1.82, 2.24) is 5.01 Å². The molecule has 6 nitrogen and oxygen atoms in total. The summed E-state index contributed by atoms with van der Waals surface area (Å²) in [4.78, 5) is 31.3. The van der Waals surface area contributed by atoms with Crippen LogP contribution in [0.2, 0.25) is 10.0 Å². The summed E-state index contributed by atoms with van der Waals surface area (Å²) in [5.74, 6) is 0.464. The standard InChI is InChI=1S/C25H26Cl2N4O2S/c1-5-28-23(18-8-10-19(26)20(27)14-18)30-12-6-7-16-13-17(9-11-21(16)30)22-25(3,4)34-24(33)31(29-22)15(2)32/h8-11,13-14H,5-7,12H2,1-4H3/b28-23-. The number of imide groups is 1. The Balaban J connectivity index is 1.76. The molecule has 0 radical (unpaired) electrons. The van der Waals surface area contributed by atoms with Crippen molar-refractivity contribution in [2.45, 2.75) is 45.3 Å². The summed E-state index contributed by atoms with van der Waals surface area (Å²) >= 11 is 13.6. The zero-order valence-corrected chi connectivity index (χ0v) is 21.9. The predicted octanol–water partition coefficient (Wildman–Crippen LogP) is 6.41. The van der Waals surface area contributed by atoms with Crippen LogP contribution in [0.4, 0.5) is 10.5 Å². The van der Waals surface area contributed by atoms with Crippen LogP contribution in [0.3, 0.4) is 0 Å². The molecule has 2 amide bonds. The number of nitrogens with zero attached hydrogens (tertiary/aromatic N) is 4. The number of halogens is 2. The number of aryl methyl sites for hydroxylation is 1. The summed E-state index contributed by atoms with van der Waals surface area (Å²) in [5.41, 5.74) is 4.77. The highest BCUT2D eigenvalue weighted by Crippen LogP contribution is 2.38. The molecule has 0 aromatic heterocycles. The first-order valence-corrected chi connectivity index (χ1v) is 12.7. The molecule has 9 heteroatoms. The maximum absolute atomic E-state index is 12.3. The average Bonchev–Trinajstić information content (AvgIpc) is 2.78. The Bertz CT molecular complexity index is 1230. The number of rotatable bonds is 3. The summed E-state index contributed by atoms with van der Waals surface area (Å²) in [5, 5.41) is 6.05. The number of hydrazone groups is 1. The second kappa shape index (κ2) is 9.72. The van der Waals surface area contributed by atoms with Crippen molar-refractivity contribution >= 4 is 63.3 Å². The highest BCUT2D eigenvalue weighted by atomic mass is 35.5. The maximum atomic E-state index is 12.3. The van der Waals surface area contributed by atoms with Gasteiger partial charge >= 0.3 is 5.24 Å². The molecule has 0 bridgehead atoms. The van der Waals surface area contributed by atoms with Crippen molar-refractivity contribution in [3.05, 3.63) is 63.1 Å². The van der Waals surface area contributed by atoms with Gasteiger partial charge in [0.2, 0.25) is 5.91 Å². The molecule has 34 heavy (non-hydrogen) atoms. The fourth-order valence-electron chi connectivity index (χ4n) is 4.26. The number of fused-ring (bicyclic) bond motifs is 1. The topological polar surface area (TPSA) is 65.3 Å². The van der Waals surface area contributed by atoms with E-state index in [1.807, 2.05) is 39.0 Å². The van der Waals surface area contributed by atoms with Gasteiger partial charge in [-0.3, -0.25) is 14.6 Å². The molecule has 2 aromatic rings. The van der Waals surface area contributed by atoms with E-state index in [4.69, 9.17) is 28.2 Å². The van der Waals surface area contributed by atoms with Crippen LogP contribution in [0.5, 0.6) is 0 Å².